The van der Waals surface area contributed by atoms with Crippen LogP contribution in [0.15, 0.2) is 24.3 Å². The van der Waals surface area contributed by atoms with Gasteiger partial charge in [0.05, 0.1) is 0 Å². The number of aromatic hydroxyl groups is 2. The molecule has 0 bridgehead atoms. The van der Waals surface area contributed by atoms with Gasteiger partial charge < -0.3 is 10.2 Å². The molecule has 27 heavy (non-hydrogen) atoms. The Morgan fingerprint density at radius 2 is 1.00 bits per heavy atom. The third-order valence-electron chi connectivity index (χ3n) is 5.04. The zero-order valence-corrected chi connectivity index (χ0v) is 18.8. The van der Waals surface area contributed by atoms with E-state index in [1.165, 1.54) is 11.1 Å². The van der Waals surface area contributed by atoms with E-state index in [9.17, 15) is 10.2 Å². The molecular weight excluding hydrogens is 352 g/mol. The molecule has 0 saturated heterocycles. The van der Waals surface area contributed by atoms with E-state index in [1.807, 2.05) is 23.9 Å². The van der Waals surface area contributed by atoms with Crippen LogP contribution in [0.3, 0.4) is 0 Å². The second-order valence-corrected chi connectivity index (χ2v) is 10.6. The van der Waals surface area contributed by atoms with Crippen molar-refractivity contribution in [3.63, 3.8) is 0 Å². The topological polar surface area (TPSA) is 40.5 Å². The van der Waals surface area contributed by atoms with Crippen molar-refractivity contribution in [1.82, 2.24) is 0 Å². The largest absolute Gasteiger partial charge is 0.508 e. The summed E-state index contributed by atoms with van der Waals surface area (Å²) >= 11 is 1.87. The van der Waals surface area contributed by atoms with Gasteiger partial charge in [-0.05, 0) is 70.2 Å². The average molecular weight is 387 g/mol. The van der Waals surface area contributed by atoms with Crippen LogP contribution in [0.5, 0.6) is 11.5 Å². The maximum Gasteiger partial charge on any atom is 0.119 e. The highest BCUT2D eigenvalue weighted by Crippen LogP contribution is 2.36. The van der Waals surface area contributed by atoms with Crippen LogP contribution in [0.25, 0.3) is 0 Å². The molecule has 0 saturated carbocycles. The van der Waals surface area contributed by atoms with Crippen molar-refractivity contribution in [2.75, 3.05) is 0 Å². The van der Waals surface area contributed by atoms with Gasteiger partial charge in [-0.3, -0.25) is 0 Å². The van der Waals surface area contributed by atoms with Crippen molar-refractivity contribution in [3.8, 4) is 11.5 Å². The first-order valence-electron chi connectivity index (χ1n) is 9.54. The first-order chi connectivity index (χ1) is 12.3. The van der Waals surface area contributed by atoms with Crippen molar-refractivity contribution >= 4 is 11.8 Å². The Hall–Kier alpha value is -1.61. The summed E-state index contributed by atoms with van der Waals surface area (Å²) in [5, 5.41) is 20.6. The molecule has 0 aromatic heterocycles. The van der Waals surface area contributed by atoms with Crippen LogP contribution in [0, 0.1) is 13.8 Å². The lowest BCUT2D eigenvalue weighted by Crippen LogP contribution is -2.12. The number of thioether (sulfide) groups is 1. The molecule has 0 aliphatic carbocycles. The molecule has 2 N–H and O–H groups in total. The zero-order chi connectivity index (χ0) is 20.6. The van der Waals surface area contributed by atoms with Crippen molar-refractivity contribution in [3.05, 3.63) is 57.6 Å². The van der Waals surface area contributed by atoms with Crippen molar-refractivity contribution in [2.24, 2.45) is 0 Å². The third-order valence-corrected chi connectivity index (χ3v) is 6.07. The summed E-state index contributed by atoms with van der Waals surface area (Å²) in [5.74, 6) is 2.58. The third kappa shape index (κ3) is 5.22. The van der Waals surface area contributed by atoms with Crippen molar-refractivity contribution in [2.45, 2.75) is 77.7 Å². The smallest absolute Gasteiger partial charge is 0.119 e. The highest BCUT2D eigenvalue weighted by Gasteiger charge is 2.21. The summed E-state index contributed by atoms with van der Waals surface area (Å²) in [6.07, 6.45) is 0. The highest BCUT2D eigenvalue weighted by molar-refractivity contribution is 7.97. The molecule has 2 aromatic carbocycles. The fourth-order valence-electron chi connectivity index (χ4n) is 3.26. The van der Waals surface area contributed by atoms with Gasteiger partial charge in [0.25, 0.3) is 0 Å². The fraction of sp³-hybridized carbons (Fsp3) is 0.500. The van der Waals surface area contributed by atoms with Crippen LogP contribution in [0.4, 0.5) is 0 Å². The summed E-state index contributed by atoms with van der Waals surface area (Å²) in [4.78, 5) is 0. The van der Waals surface area contributed by atoms with Crippen LogP contribution < -0.4 is 0 Å². The van der Waals surface area contributed by atoms with Gasteiger partial charge in [0.1, 0.15) is 11.5 Å². The molecule has 0 radical (unpaired) electrons. The molecule has 0 spiro atoms. The van der Waals surface area contributed by atoms with E-state index in [0.717, 1.165) is 33.8 Å². The molecule has 0 heterocycles. The zero-order valence-electron chi connectivity index (χ0n) is 18.0. The first kappa shape index (κ1) is 21.7. The maximum atomic E-state index is 10.3. The van der Waals surface area contributed by atoms with E-state index in [1.54, 1.807) is 0 Å². The SMILES string of the molecule is Cc1cc(O)c(C(C)(C)C)cc1CSCc1cc(C(C)(C)C)c(O)cc1C. The average Bonchev–Trinajstić information content (AvgIpc) is 2.48. The predicted molar refractivity (Wildman–Crippen MR) is 118 cm³/mol. The number of phenolic OH excluding ortho intramolecular Hbond substituents is 2. The summed E-state index contributed by atoms with van der Waals surface area (Å²) < 4.78 is 0. The predicted octanol–water partition coefficient (Wildman–Crippen LogP) is 6.74. The Balaban J connectivity index is 2.20. The second-order valence-electron chi connectivity index (χ2n) is 9.58. The number of benzene rings is 2. The number of hydrogen-bond acceptors (Lipinski definition) is 3. The van der Waals surface area contributed by atoms with E-state index in [-0.39, 0.29) is 10.8 Å². The minimum atomic E-state index is -0.0770. The molecule has 0 unspecified atom stereocenters. The Labute approximate surface area is 169 Å². The minimum Gasteiger partial charge on any atom is -0.508 e. The van der Waals surface area contributed by atoms with Gasteiger partial charge in [0.2, 0.25) is 0 Å². The van der Waals surface area contributed by atoms with Crippen LogP contribution in [-0.4, -0.2) is 10.2 Å². The van der Waals surface area contributed by atoms with Gasteiger partial charge in [-0.1, -0.05) is 53.7 Å². The number of hydrogen-bond donors (Lipinski definition) is 2. The molecule has 2 rings (SSSR count). The van der Waals surface area contributed by atoms with Gasteiger partial charge in [-0.15, -0.1) is 0 Å². The Kier molecular flexibility index (Phi) is 6.26. The van der Waals surface area contributed by atoms with Gasteiger partial charge in [0, 0.05) is 11.5 Å². The molecule has 2 nitrogen and oxygen atoms in total. The maximum absolute atomic E-state index is 10.3. The van der Waals surface area contributed by atoms with E-state index >= 15 is 0 Å². The molecule has 0 amide bonds. The molecular formula is C24H34O2S. The van der Waals surface area contributed by atoms with Crippen LogP contribution in [-0.2, 0) is 22.3 Å². The quantitative estimate of drug-likeness (QED) is 0.611. The Bertz CT molecular complexity index is 754. The van der Waals surface area contributed by atoms with E-state index in [0.29, 0.717) is 11.5 Å². The minimum absolute atomic E-state index is 0.0770. The Morgan fingerprint density at radius 3 is 1.30 bits per heavy atom. The monoisotopic (exact) mass is 386 g/mol. The molecule has 0 aliphatic rings. The lowest BCUT2D eigenvalue weighted by atomic mass is 9.84. The molecule has 148 valence electrons. The normalized spacial score (nSPS) is 12.4. The second kappa shape index (κ2) is 7.79. The fourth-order valence-corrected chi connectivity index (χ4v) is 4.42. The van der Waals surface area contributed by atoms with Crippen LogP contribution >= 0.6 is 11.8 Å². The van der Waals surface area contributed by atoms with Gasteiger partial charge in [-0.25, -0.2) is 0 Å². The summed E-state index contributed by atoms with van der Waals surface area (Å²) in [7, 11) is 0. The molecule has 0 atom stereocenters. The van der Waals surface area contributed by atoms with E-state index in [4.69, 9.17) is 0 Å². The standard InChI is InChI=1S/C24H34O2S/c1-15-9-21(25)19(23(3,4)5)11-17(15)13-27-14-18-12-20(24(6,7)8)22(26)10-16(18)2/h9-12,25-26H,13-14H2,1-8H3. The van der Waals surface area contributed by atoms with Crippen LogP contribution in [0.1, 0.15) is 74.9 Å². The van der Waals surface area contributed by atoms with Gasteiger partial charge in [0.15, 0.2) is 0 Å². The summed E-state index contributed by atoms with van der Waals surface area (Å²) in [6.45, 7) is 16.9. The van der Waals surface area contributed by atoms with Gasteiger partial charge in [-0.2, -0.15) is 11.8 Å². The molecule has 0 aliphatic heterocycles. The van der Waals surface area contributed by atoms with Crippen molar-refractivity contribution in [1.29, 1.82) is 0 Å². The van der Waals surface area contributed by atoms with E-state index in [2.05, 4.69) is 67.5 Å². The Morgan fingerprint density at radius 1 is 0.667 bits per heavy atom. The lowest BCUT2D eigenvalue weighted by molar-refractivity contribution is 0.445. The van der Waals surface area contributed by atoms with Crippen LogP contribution in [0.2, 0.25) is 0 Å². The number of rotatable bonds is 4. The lowest BCUT2D eigenvalue weighted by Gasteiger charge is -2.23. The molecule has 2 aromatic rings. The number of phenols is 2. The molecule has 0 fully saturated rings. The summed E-state index contributed by atoms with van der Waals surface area (Å²) in [6, 6.07) is 8.09. The van der Waals surface area contributed by atoms with Crippen molar-refractivity contribution < 1.29 is 10.2 Å². The van der Waals surface area contributed by atoms with Gasteiger partial charge >= 0.3 is 0 Å². The number of aryl methyl sites for hydroxylation is 2. The van der Waals surface area contributed by atoms with E-state index < -0.39 is 0 Å². The summed E-state index contributed by atoms with van der Waals surface area (Å²) in [5.41, 5.74) is 6.65. The molecule has 3 heteroatoms. The first-order valence-corrected chi connectivity index (χ1v) is 10.7. The highest BCUT2D eigenvalue weighted by atomic mass is 32.2.